The standard InChI is InChI=1S/C23H18INO3/c24-15-7-5-6-14(12-15)13-20(23(27)28)25-22(26)21-18-10-3-1-8-16(18)17-9-2-4-11-19(17)21/h1-12,20-21H,13H2,(H,25,26)(H,27,28)/t20-/m0/s1. The average Bonchev–Trinajstić information content (AvgIpc) is 3.02. The van der Waals surface area contributed by atoms with E-state index in [1.165, 1.54) is 0 Å². The maximum absolute atomic E-state index is 13.2. The fourth-order valence-electron chi connectivity index (χ4n) is 3.79. The number of carbonyl (C=O) groups excluding carboxylic acids is 1. The molecule has 0 aliphatic heterocycles. The minimum absolute atomic E-state index is 0.244. The number of benzene rings is 3. The van der Waals surface area contributed by atoms with E-state index in [4.69, 9.17) is 0 Å². The largest absolute Gasteiger partial charge is 0.480 e. The molecule has 0 saturated carbocycles. The van der Waals surface area contributed by atoms with E-state index in [0.717, 1.165) is 31.4 Å². The summed E-state index contributed by atoms with van der Waals surface area (Å²) in [4.78, 5) is 25.0. The Morgan fingerprint density at radius 1 is 0.929 bits per heavy atom. The first-order valence-corrected chi connectivity index (χ1v) is 10.1. The van der Waals surface area contributed by atoms with Crippen LogP contribution in [0.3, 0.4) is 0 Å². The molecule has 1 aliphatic rings. The third-order valence-electron chi connectivity index (χ3n) is 5.04. The van der Waals surface area contributed by atoms with Crippen LogP contribution in [0.5, 0.6) is 0 Å². The third kappa shape index (κ3) is 3.54. The molecule has 140 valence electrons. The fourth-order valence-corrected chi connectivity index (χ4v) is 4.40. The van der Waals surface area contributed by atoms with Crippen molar-refractivity contribution in [3.63, 3.8) is 0 Å². The first-order chi connectivity index (χ1) is 13.5. The lowest BCUT2D eigenvalue weighted by atomic mass is 9.95. The second-order valence-electron chi connectivity index (χ2n) is 6.84. The van der Waals surface area contributed by atoms with Gasteiger partial charge in [0.25, 0.3) is 0 Å². The van der Waals surface area contributed by atoms with E-state index in [1.54, 1.807) is 0 Å². The number of rotatable bonds is 5. The Balaban J connectivity index is 1.62. The van der Waals surface area contributed by atoms with Gasteiger partial charge < -0.3 is 10.4 Å². The van der Waals surface area contributed by atoms with Crippen LogP contribution in [0.2, 0.25) is 0 Å². The van der Waals surface area contributed by atoms with Gasteiger partial charge in [0.2, 0.25) is 5.91 Å². The predicted octanol–water partition coefficient (Wildman–Crippen LogP) is 4.22. The van der Waals surface area contributed by atoms with Gasteiger partial charge in [-0.25, -0.2) is 4.79 Å². The summed E-state index contributed by atoms with van der Waals surface area (Å²) >= 11 is 2.19. The lowest BCUT2D eigenvalue weighted by molar-refractivity contribution is -0.141. The van der Waals surface area contributed by atoms with Gasteiger partial charge in [-0.3, -0.25) is 4.79 Å². The SMILES string of the molecule is O=C(N[C@@H](Cc1cccc(I)c1)C(=O)O)C1c2ccccc2-c2ccccc21. The minimum atomic E-state index is -1.04. The normalized spacial score (nSPS) is 13.5. The molecule has 4 rings (SSSR count). The van der Waals surface area contributed by atoms with E-state index in [-0.39, 0.29) is 12.3 Å². The third-order valence-corrected chi connectivity index (χ3v) is 5.71. The molecule has 1 amide bonds. The molecule has 4 nitrogen and oxygen atoms in total. The van der Waals surface area contributed by atoms with E-state index in [9.17, 15) is 14.7 Å². The number of carboxylic acids is 1. The van der Waals surface area contributed by atoms with Gasteiger partial charge in [-0.05, 0) is 62.5 Å². The quantitative estimate of drug-likeness (QED) is 0.535. The molecule has 3 aromatic carbocycles. The Bertz CT molecular complexity index is 1020. The van der Waals surface area contributed by atoms with Gasteiger partial charge in [-0.2, -0.15) is 0 Å². The molecule has 0 heterocycles. The predicted molar refractivity (Wildman–Crippen MR) is 116 cm³/mol. The number of hydrogen-bond acceptors (Lipinski definition) is 2. The molecule has 0 aromatic heterocycles. The molecule has 0 bridgehead atoms. The van der Waals surface area contributed by atoms with Gasteiger partial charge in [0.15, 0.2) is 0 Å². The Kier molecular flexibility index (Phi) is 5.17. The van der Waals surface area contributed by atoms with Crippen LogP contribution in [0.15, 0.2) is 72.8 Å². The van der Waals surface area contributed by atoms with Crippen molar-refractivity contribution in [2.75, 3.05) is 0 Å². The Morgan fingerprint density at radius 2 is 1.54 bits per heavy atom. The summed E-state index contributed by atoms with van der Waals surface area (Å²) in [6, 6.07) is 22.3. The molecule has 1 atom stereocenters. The molecule has 0 fully saturated rings. The molecule has 28 heavy (non-hydrogen) atoms. The molecular formula is C23H18INO3. The molecule has 5 heteroatoms. The van der Waals surface area contributed by atoms with E-state index in [2.05, 4.69) is 27.9 Å². The molecule has 2 N–H and O–H groups in total. The Labute approximate surface area is 176 Å². The summed E-state index contributed by atoms with van der Waals surface area (Å²) in [5.74, 6) is -1.81. The van der Waals surface area contributed by atoms with Crippen LogP contribution in [0.4, 0.5) is 0 Å². The monoisotopic (exact) mass is 483 g/mol. The van der Waals surface area contributed by atoms with Gasteiger partial charge >= 0.3 is 5.97 Å². The number of amides is 1. The molecule has 3 aromatic rings. The first kappa shape index (κ1) is 18.7. The van der Waals surface area contributed by atoms with Crippen LogP contribution in [-0.4, -0.2) is 23.0 Å². The highest BCUT2D eigenvalue weighted by Gasteiger charge is 2.35. The second kappa shape index (κ2) is 7.75. The number of hydrogen-bond donors (Lipinski definition) is 2. The van der Waals surface area contributed by atoms with E-state index < -0.39 is 17.9 Å². The first-order valence-electron chi connectivity index (χ1n) is 9.00. The van der Waals surface area contributed by atoms with Crippen LogP contribution in [0, 0.1) is 3.57 Å². The Hall–Kier alpha value is -2.67. The number of aliphatic carboxylic acids is 1. The maximum Gasteiger partial charge on any atom is 0.326 e. The second-order valence-corrected chi connectivity index (χ2v) is 8.09. The zero-order valence-electron chi connectivity index (χ0n) is 14.9. The summed E-state index contributed by atoms with van der Waals surface area (Å²) in [6.07, 6.45) is 0.244. The highest BCUT2D eigenvalue weighted by molar-refractivity contribution is 14.1. The highest BCUT2D eigenvalue weighted by Crippen LogP contribution is 2.44. The summed E-state index contributed by atoms with van der Waals surface area (Å²) < 4.78 is 1.03. The fraction of sp³-hybridized carbons (Fsp3) is 0.130. The van der Waals surface area contributed by atoms with E-state index >= 15 is 0 Å². The molecule has 0 spiro atoms. The van der Waals surface area contributed by atoms with Crippen molar-refractivity contribution in [1.29, 1.82) is 0 Å². The molecular weight excluding hydrogens is 465 g/mol. The van der Waals surface area contributed by atoms with Crippen molar-refractivity contribution in [2.45, 2.75) is 18.4 Å². The van der Waals surface area contributed by atoms with Crippen molar-refractivity contribution < 1.29 is 14.7 Å². The lowest BCUT2D eigenvalue weighted by Gasteiger charge is -2.19. The van der Waals surface area contributed by atoms with Crippen molar-refractivity contribution in [3.8, 4) is 11.1 Å². The van der Waals surface area contributed by atoms with Crippen molar-refractivity contribution >= 4 is 34.5 Å². The van der Waals surface area contributed by atoms with E-state index in [0.29, 0.717) is 0 Å². The summed E-state index contributed by atoms with van der Waals surface area (Å²) in [5, 5.41) is 12.4. The lowest BCUT2D eigenvalue weighted by Crippen LogP contribution is -2.44. The zero-order valence-corrected chi connectivity index (χ0v) is 17.1. The summed E-state index contributed by atoms with van der Waals surface area (Å²) in [7, 11) is 0. The number of halogens is 1. The topological polar surface area (TPSA) is 66.4 Å². The van der Waals surface area contributed by atoms with Crippen LogP contribution >= 0.6 is 22.6 Å². The van der Waals surface area contributed by atoms with Crippen LogP contribution < -0.4 is 5.32 Å². The number of nitrogens with one attached hydrogen (secondary N) is 1. The van der Waals surface area contributed by atoms with Crippen molar-refractivity contribution in [3.05, 3.63) is 93.1 Å². The highest BCUT2D eigenvalue weighted by atomic mass is 127. The summed E-state index contributed by atoms with van der Waals surface area (Å²) in [5.41, 5.74) is 4.77. The smallest absolute Gasteiger partial charge is 0.326 e. The van der Waals surface area contributed by atoms with Crippen LogP contribution in [0.1, 0.15) is 22.6 Å². The average molecular weight is 483 g/mol. The van der Waals surface area contributed by atoms with Crippen LogP contribution in [0.25, 0.3) is 11.1 Å². The van der Waals surface area contributed by atoms with Crippen molar-refractivity contribution in [2.24, 2.45) is 0 Å². The van der Waals surface area contributed by atoms with Crippen LogP contribution in [-0.2, 0) is 16.0 Å². The molecule has 0 radical (unpaired) electrons. The van der Waals surface area contributed by atoms with Gasteiger partial charge in [0, 0.05) is 9.99 Å². The Morgan fingerprint density at radius 3 is 2.11 bits per heavy atom. The van der Waals surface area contributed by atoms with E-state index in [1.807, 2.05) is 72.8 Å². The number of carboxylic acid groups (broad SMARTS) is 1. The van der Waals surface area contributed by atoms with Crippen molar-refractivity contribution in [1.82, 2.24) is 5.32 Å². The number of carbonyl (C=O) groups is 2. The maximum atomic E-state index is 13.2. The summed E-state index contributed by atoms with van der Waals surface area (Å²) in [6.45, 7) is 0. The zero-order chi connectivity index (χ0) is 19.7. The molecule has 0 unspecified atom stereocenters. The van der Waals surface area contributed by atoms with Gasteiger partial charge in [0.1, 0.15) is 6.04 Å². The number of fused-ring (bicyclic) bond motifs is 3. The molecule has 1 aliphatic carbocycles. The van der Waals surface area contributed by atoms with Gasteiger partial charge in [0.05, 0.1) is 5.92 Å². The van der Waals surface area contributed by atoms with Gasteiger partial charge in [-0.1, -0.05) is 60.7 Å². The minimum Gasteiger partial charge on any atom is -0.480 e. The van der Waals surface area contributed by atoms with Gasteiger partial charge in [-0.15, -0.1) is 0 Å². The molecule has 0 saturated heterocycles.